The first-order chi connectivity index (χ1) is 9.47. The number of rotatable bonds is 3. The number of halogens is 3. The van der Waals surface area contributed by atoms with Crippen LogP contribution in [0.3, 0.4) is 0 Å². The van der Waals surface area contributed by atoms with Gasteiger partial charge in [0.15, 0.2) is 0 Å². The molecule has 2 aromatic rings. The molecular weight excluding hydrogens is 330 g/mol. The van der Waals surface area contributed by atoms with E-state index in [0.717, 1.165) is 12.1 Å². The molecular formula is C14H11BrF2N2O. The lowest BCUT2D eigenvalue weighted by Gasteiger charge is -2.09. The second-order valence-corrected chi connectivity index (χ2v) is 5.00. The van der Waals surface area contributed by atoms with Gasteiger partial charge in [0.1, 0.15) is 11.6 Å². The van der Waals surface area contributed by atoms with Crippen molar-refractivity contribution in [1.29, 1.82) is 0 Å². The first-order valence-corrected chi connectivity index (χ1v) is 6.54. The van der Waals surface area contributed by atoms with Crippen LogP contribution < -0.4 is 11.1 Å². The van der Waals surface area contributed by atoms with Gasteiger partial charge in [-0.2, -0.15) is 0 Å². The molecule has 0 aliphatic carbocycles. The molecule has 0 aliphatic heterocycles. The summed E-state index contributed by atoms with van der Waals surface area (Å²) in [4.78, 5) is 11.9. The first-order valence-electron chi connectivity index (χ1n) is 5.74. The van der Waals surface area contributed by atoms with Crippen molar-refractivity contribution in [2.75, 3.05) is 5.73 Å². The normalized spacial score (nSPS) is 10.3. The van der Waals surface area contributed by atoms with E-state index in [1.807, 2.05) is 0 Å². The van der Waals surface area contributed by atoms with Crippen molar-refractivity contribution in [3.63, 3.8) is 0 Å². The van der Waals surface area contributed by atoms with Crippen LogP contribution in [-0.2, 0) is 6.54 Å². The number of nitrogens with one attached hydrogen (secondary N) is 1. The van der Waals surface area contributed by atoms with Crippen LogP contribution in [0.25, 0.3) is 0 Å². The molecule has 0 bridgehead atoms. The smallest absolute Gasteiger partial charge is 0.253 e. The zero-order valence-corrected chi connectivity index (χ0v) is 11.9. The average Bonchev–Trinajstić information content (AvgIpc) is 2.39. The van der Waals surface area contributed by atoms with Crippen molar-refractivity contribution in [2.24, 2.45) is 0 Å². The lowest BCUT2D eigenvalue weighted by molar-refractivity contribution is 0.0951. The SMILES string of the molecule is Nc1cc(F)ccc1C(=O)NCc1cc(F)ccc1Br. The van der Waals surface area contributed by atoms with Crippen molar-refractivity contribution in [3.05, 3.63) is 63.6 Å². The summed E-state index contributed by atoms with van der Waals surface area (Å²) >= 11 is 3.27. The van der Waals surface area contributed by atoms with E-state index in [-0.39, 0.29) is 17.8 Å². The fourth-order valence-corrected chi connectivity index (χ4v) is 2.08. The van der Waals surface area contributed by atoms with Gasteiger partial charge in [-0.1, -0.05) is 15.9 Å². The van der Waals surface area contributed by atoms with Gasteiger partial charge in [0.25, 0.3) is 5.91 Å². The lowest BCUT2D eigenvalue weighted by atomic mass is 10.1. The molecule has 0 heterocycles. The highest BCUT2D eigenvalue weighted by atomic mass is 79.9. The topological polar surface area (TPSA) is 55.1 Å². The molecule has 2 rings (SSSR count). The Hall–Kier alpha value is -1.95. The van der Waals surface area contributed by atoms with Crippen LogP contribution in [0.4, 0.5) is 14.5 Å². The summed E-state index contributed by atoms with van der Waals surface area (Å²) in [7, 11) is 0. The number of benzene rings is 2. The van der Waals surface area contributed by atoms with Crippen LogP contribution in [0.1, 0.15) is 15.9 Å². The van der Waals surface area contributed by atoms with Gasteiger partial charge in [0.2, 0.25) is 0 Å². The van der Waals surface area contributed by atoms with E-state index in [4.69, 9.17) is 5.73 Å². The van der Waals surface area contributed by atoms with E-state index >= 15 is 0 Å². The molecule has 104 valence electrons. The van der Waals surface area contributed by atoms with E-state index in [0.29, 0.717) is 10.0 Å². The third kappa shape index (κ3) is 3.33. The summed E-state index contributed by atoms with van der Waals surface area (Å²) in [5.74, 6) is -1.34. The van der Waals surface area contributed by atoms with E-state index in [1.165, 1.54) is 18.2 Å². The summed E-state index contributed by atoms with van der Waals surface area (Å²) in [6, 6.07) is 7.73. The summed E-state index contributed by atoms with van der Waals surface area (Å²) in [6.07, 6.45) is 0. The van der Waals surface area contributed by atoms with E-state index in [1.54, 1.807) is 6.07 Å². The summed E-state index contributed by atoms with van der Waals surface area (Å²) in [6.45, 7) is 0.133. The van der Waals surface area contributed by atoms with Crippen molar-refractivity contribution in [3.8, 4) is 0 Å². The Morgan fingerprint density at radius 3 is 2.50 bits per heavy atom. The molecule has 3 N–H and O–H groups in total. The third-order valence-electron chi connectivity index (χ3n) is 2.71. The van der Waals surface area contributed by atoms with Crippen LogP contribution in [0, 0.1) is 11.6 Å². The molecule has 6 heteroatoms. The molecule has 0 aliphatic rings. The maximum atomic E-state index is 13.1. The zero-order valence-electron chi connectivity index (χ0n) is 10.3. The fourth-order valence-electron chi connectivity index (χ4n) is 1.69. The number of anilines is 1. The van der Waals surface area contributed by atoms with Crippen LogP contribution in [0.5, 0.6) is 0 Å². The van der Waals surface area contributed by atoms with Gasteiger partial charge in [-0.25, -0.2) is 8.78 Å². The molecule has 0 spiro atoms. The van der Waals surface area contributed by atoms with Crippen LogP contribution in [-0.4, -0.2) is 5.91 Å². The highest BCUT2D eigenvalue weighted by Gasteiger charge is 2.11. The van der Waals surface area contributed by atoms with Gasteiger partial charge in [0.05, 0.1) is 5.56 Å². The lowest BCUT2D eigenvalue weighted by Crippen LogP contribution is -2.24. The predicted molar refractivity (Wildman–Crippen MR) is 76.1 cm³/mol. The highest BCUT2D eigenvalue weighted by molar-refractivity contribution is 9.10. The number of nitrogens with two attached hydrogens (primary N) is 1. The minimum atomic E-state index is -0.507. The zero-order chi connectivity index (χ0) is 14.7. The Balaban J connectivity index is 2.10. The summed E-state index contributed by atoms with van der Waals surface area (Å²) in [5, 5.41) is 2.61. The third-order valence-corrected chi connectivity index (χ3v) is 3.48. The maximum Gasteiger partial charge on any atom is 0.253 e. The Morgan fingerprint density at radius 2 is 1.80 bits per heavy atom. The number of nitrogen functional groups attached to an aromatic ring is 1. The van der Waals surface area contributed by atoms with Gasteiger partial charge < -0.3 is 11.1 Å². The minimum Gasteiger partial charge on any atom is -0.398 e. The number of amides is 1. The Labute approximate surface area is 122 Å². The molecule has 0 radical (unpaired) electrons. The second-order valence-electron chi connectivity index (χ2n) is 4.15. The molecule has 1 amide bonds. The van der Waals surface area contributed by atoms with Crippen molar-refractivity contribution in [2.45, 2.75) is 6.54 Å². The van der Waals surface area contributed by atoms with Crippen molar-refractivity contribution < 1.29 is 13.6 Å². The monoisotopic (exact) mass is 340 g/mol. The number of hydrogen-bond donors (Lipinski definition) is 2. The minimum absolute atomic E-state index is 0.0563. The van der Waals surface area contributed by atoms with Gasteiger partial charge >= 0.3 is 0 Å². The fraction of sp³-hybridized carbons (Fsp3) is 0.0714. The number of carbonyl (C=O) groups excluding carboxylic acids is 1. The Morgan fingerprint density at radius 1 is 1.15 bits per heavy atom. The average molecular weight is 341 g/mol. The Kier molecular flexibility index (Phi) is 4.34. The standard InChI is InChI=1S/C14H11BrF2N2O/c15-12-4-2-9(16)5-8(12)7-19-14(20)11-3-1-10(17)6-13(11)18/h1-6H,7,18H2,(H,19,20). The molecule has 2 aromatic carbocycles. The van der Waals surface area contributed by atoms with Crippen LogP contribution in [0.2, 0.25) is 0 Å². The molecule has 0 atom stereocenters. The van der Waals surface area contributed by atoms with Crippen LogP contribution in [0.15, 0.2) is 40.9 Å². The van der Waals surface area contributed by atoms with E-state index < -0.39 is 17.5 Å². The predicted octanol–water partition coefficient (Wildman–Crippen LogP) is 3.24. The molecule has 3 nitrogen and oxygen atoms in total. The summed E-state index contributed by atoms with van der Waals surface area (Å²) < 4.78 is 26.7. The molecule has 0 fully saturated rings. The highest BCUT2D eigenvalue weighted by Crippen LogP contribution is 2.18. The maximum absolute atomic E-state index is 13.1. The van der Waals surface area contributed by atoms with Crippen molar-refractivity contribution >= 4 is 27.5 Å². The summed E-state index contributed by atoms with van der Waals surface area (Å²) in [5.41, 5.74) is 6.41. The molecule has 20 heavy (non-hydrogen) atoms. The van der Waals surface area contributed by atoms with Gasteiger partial charge in [-0.05, 0) is 42.0 Å². The van der Waals surface area contributed by atoms with E-state index in [2.05, 4.69) is 21.2 Å². The first kappa shape index (κ1) is 14.5. The largest absolute Gasteiger partial charge is 0.398 e. The Bertz CT molecular complexity index is 662. The molecule has 0 aromatic heterocycles. The quantitative estimate of drug-likeness (QED) is 0.842. The van der Waals surface area contributed by atoms with E-state index in [9.17, 15) is 13.6 Å². The van der Waals surface area contributed by atoms with Crippen LogP contribution >= 0.6 is 15.9 Å². The number of hydrogen-bond acceptors (Lipinski definition) is 2. The van der Waals surface area contributed by atoms with Crippen molar-refractivity contribution in [1.82, 2.24) is 5.32 Å². The number of carbonyl (C=O) groups is 1. The molecule has 0 saturated carbocycles. The van der Waals surface area contributed by atoms with Gasteiger partial charge in [-0.15, -0.1) is 0 Å². The second kappa shape index (κ2) is 6.00. The molecule has 0 unspecified atom stereocenters. The molecule has 0 saturated heterocycles. The van der Waals surface area contributed by atoms with Gasteiger partial charge in [0, 0.05) is 16.7 Å². The van der Waals surface area contributed by atoms with Gasteiger partial charge in [-0.3, -0.25) is 4.79 Å².